The second kappa shape index (κ2) is 14.5. The van der Waals surface area contributed by atoms with Gasteiger partial charge in [0.1, 0.15) is 19.0 Å². The van der Waals surface area contributed by atoms with Gasteiger partial charge in [-0.3, -0.25) is 4.79 Å². The quantitative estimate of drug-likeness (QED) is 0.261. The summed E-state index contributed by atoms with van der Waals surface area (Å²) in [7, 11) is 1.63. The van der Waals surface area contributed by atoms with Crippen molar-refractivity contribution in [3.8, 4) is 23.0 Å². The molecular formula is C25H32O10. The first kappa shape index (κ1) is 26.7. The van der Waals surface area contributed by atoms with Crippen LogP contribution in [0.25, 0.3) is 0 Å². The number of fused-ring (bicyclic) bond motifs is 1. The topological polar surface area (TPSA) is 111 Å². The summed E-state index contributed by atoms with van der Waals surface area (Å²) in [4.78, 5) is 11.9. The fourth-order valence-electron chi connectivity index (χ4n) is 3.13. The molecule has 192 valence electrons. The van der Waals surface area contributed by atoms with E-state index in [1.165, 1.54) is 12.1 Å². The maximum atomic E-state index is 11.9. The van der Waals surface area contributed by atoms with Crippen LogP contribution < -0.4 is 18.9 Å². The van der Waals surface area contributed by atoms with Crippen LogP contribution in [0.4, 0.5) is 0 Å². The zero-order valence-corrected chi connectivity index (χ0v) is 20.0. The van der Waals surface area contributed by atoms with Gasteiger partial charge in [-0.2, -0.15) is 0 Å². The number of rotatable bonds is 17. The molecule has 0 bridgehead atoms. The second-order valence-corrected chi connectivity index (χ2v) is 7.34. The lowest BCUT2D eigenvalue weighted by Crippen LogP contribution is -2.21. The molecule has 0 amide bonds. The van der Waals surface area contributed by atoms with Gasteiger partial charge >= 0.3 is 6.48 Å². The summed E-state index contributed by atoms with van der Waals surface area (Å²) in [5.74, 6) is 1.34. The average Bonchev–Trinajstić information content (AvgIpc) is 3.30. The molecule has 1 aliphatic heterocycles. The molecule has 0 spiro atoms. The Morgan fingerprint density at radius 1 is 0.943 bits per heavy atom. The second-order valence-electron chi connectivity index (χ2n) is 7.34. The van der Waals surface area contributed by atoms with Gasteiger partial charge in [0.2, 0.25) is 5.75 Å². The summed E-state index contributed by atoms with van der Waals surface area (Å²) in [6.07, 6.45) is 0. The monoisotopic (exact) mass is 492 g/mol. The van der Waals surface area contributed by atoms with E-state index in [1.807, 2.05) is 31.2 Å². The van der Waals surface area contributed by atoms with E-state index in [9.17, 15) is 4.79 Å². The largest absolute Gasteiger partial charge is 0.497 e. The summed E-state index contributed by atoms with van der Waals surface area (Å²) in [5.41, 5.74) is 1.32. The summed E-state index contributed by atoms with van der Waals surface area (Å²) in [5, 5.41) is 9.17. The van der Waals surface area contributed by atoms with Gasteiger partial charge < -0.3 is 43.0 Å². The number of methoxy groups -OCH3 is 1. The lowest BCUT2D eigenvalue weighted by molar-refractivity contribution is -0.173. The van der Waals surface area contributed by atoms with Gasteiger partial charge in [-0.1, -0.05) is 12.1 Å². The smallest absolute Gasteiger partial charge is 0.361 e. The van der Waals surface area contributed by atoms with E-state index in [0.29, 0.717) is 63.5 Å². The molecule has 1 unspecified atom stereocenters. The van der Waals surface area contributed by atoms with E-state index in [0.717, 1.165) is 11.3 Å². The Balaban J connectivity index is 1.29. The molecule has 0 radical (unpaired) electrons. The summed E-state index contributed by atoms with van der Waals surface area (Å²) < 4.78 is 43.9. The highest BCUT2D eigenvalue weighted by Gasteiger charge is 2.30. The van der Waals surface area contributed by atoms with Crippen molar-refractivity contribution in [3.63, 3.8) is 0 Å². The molecule has 1 aliphatic rings. The van der Waals surface area contributed by atoms with Crippen molar-refractivity contribution in [2.24, 2.45) is 0 Å². The number of carbonyl (C=O) groups excluding carboxylic acids is 1. The molecule has 0 aromatic heterocycles. The van der Waals surface area contributed by atoms with Gasteiger partial charge in [-0.15, -0.1) is 0 Å². The first-order chi connectivity index (χ1) is 17.1. The Kier molecular flexibility index (Phi) is 11.1. The van der Waals surface area contributed by atoms with Crippen LogP contribution in [0.15, 0.2) is 36.4 Å². The number of aliphatic hydroxyl groups is 1. The van der Waals surface area contributed by atoms with Crippen molar-refractivity contribution >= 4 is 5.78 Å². The molecule has 0 saturated carbocycles. The number of carbonyl (C=O) groups is 1. The van der Waals surface area contributed by atoms with Crippen LogP contribution in [-0.4, -0.2) is 77.3 Å². The predicted molar refractivity (Wildman–Crippen MR) is 124 cm³/mol. The lowest BCUT2D eigenvalue weighted by atomic mass is 10.1. The van der Waals surface area contributed by atoms with Crippen LogP contribution in [0.1, 0.15) is 22.8 Å². The standard InChI is InChI=1S/C25H32O10/c1-3-32-25-34-23-15-19(21(27)16-26)14-22(24(23)35-25)33-13-12-30-9-8-29-10-11-31-17-18-4-6-20(28-2)7-5-18/h4-7,14-15,25-26H,3,8-13,16-17H2,1-2H3. The Hall–Kier alpha value is -2.89. The van der Waals surface area contributed by atoms with Crippen molar-refractivity contribution in [2.75, 3.05) is 60.0 Å². The third-order valence-corrected chi connectivity index (χ3v) is 4.88. The van der Waals surface area contributed by atoms with Crippen molar-refractivity contribution in [1.82, 2.24) is 0 Å². The molecule has 3 rings (SSSR count). The molecular weight excluding hydrogens is 460 g/mol. The summed E-state index contributed by atoms with van der Waals surface area (Å²) >= 11 is 0. The Labute approximate surface area is 204 Å². The van der Waals surface area contributed by atoms with Crippen LogP contribution in [0, 0.1) is 0 Å². The maximum Gasteiger partial charge on any atom is 0.361 e. The van der Waals surface area contributed by atoms with Gasteiger partial charge in [0.05, 0.1) is 53.4 Å². The molecule has 1 N–H and O–H groups in total. The zero-order chi connectivity index (χ0) is 24.9. The molecule has 0 fully saturated rings. The first-order valence-electron chi connectivity index (χ1n) is 11.4. The van der Waals surface area contributed by atoms with E-state index in [4.69, 9.17) is 43.0 Å². The normalized spacial score (nSPS) is 14.2. The highest BCUT2D eigenvalue weighted by atomic mass is 16.9. The highest BCUT2D eigenvalue weighted by molar-refractivity contribution is 5.98. The molecule has 0 aliphatic carbocycles. The fourth-order valence-corrected chi connectivity index (χ4v) is 3.13. The Morgan fingerprint density at radius 3 is 2.29 bits per heavy atom. The fraction of sp³-hybridized carbons (Fsp3) is 0.480. The molecule has 1 atom stereocenters. The number of ether oxygens (including phenoxy) is 8. The molecule has 35 heavy (non-hydrogen) atoms. The molecule has 0 saturated heterocycles. The zero-order valence-electron chi connectivity index (χ0n) is 20.0. The highest BCUT2D eigenvalue weighted by Crippen LogP contribution is 2.44. The number of ketones is 1. The van der Waals surface area contributed by atoms with Crippen molar-refractivity contribution in [3.05, 3.63) is 47.5 Å². The van der Waals surface area contributed by atoms with Crippen LogP contribution in [0.3, 0.4) is 0 Å². The SMILES string of the molecule is CCOC1Oc2cc(C(=O)CO)cc(OCCOCCOCCOCc3ccc(OC)cc3)c2O1. The number of hydrogen-bond donors (Lipinski definition) is 1. The third-order valence-electron chi connectivity index (χ3n) is 4.88. The van der Waals surface area contributed by atoms with Gasteiger partial charge in [0, 0.05) is 5.56 Å². The van der Waals surface area contributed by atoms with Crippen LogP contribution in [-0.2, 0) is 25.6 Å². The Morgan fingerprint density at radius 2 is 1.63 bits per heavy atom. The lowest BCUT2D eigenvalue weighted by Gasteiger charge is -2.11. The van der Waals surface area contributed by atoms with E-state index < -0.39 is 18.9 Å². The van der Waals surface area contributed by atoms with E-state index in [2.05, 4.69) is 0 Å². The van der Waals surface area contributed by atoms with Crippen LogP contribution in [0.2, 0.25) is 0 Å². The first-order valence-corrected chi connectivity index (χ1v) is 11.4. The van der Waals surface area contributed by atoms with Crippen LogP contribution in [0.5, 0.6) is 23.0 Å². The van der Waals surface area contributed by atoms with E-state index in [-0.39, 0.29) is 12.2 Å². The summed E-state index contributed by atoms with van der Waals surface area (Å²) in [6, 6.07) is 10.7. The van der Waals surface area contributed by atoms with Crippen LogP contribution >= 0.6 is 0 Å². The van der Waals surface area contributed by atoms with Gasteiger partial charge in [0.25, 0.3) is 0 Å². The van der Waals surface area contributed by atoms with Crippen molar-refractivity contribution in [1.29, 1.82) is 0 Å². The Bertz CT molecular complexity index is 915. The number of Topliss-reactive ketones (excluding diaryl/α,β-unsaturated/α-hetero) is 1. The molecule has 1 heterocycles. The predicted octanol–water partition coefficient (Wildman–Crippen LogP) is 2.59. The van der Waals surface area contributed by atoms with Gasteiger partial charge in [-0.05, 0) is 36.8 Å². The third kappa shape index (κ3) is 8.37. The van der Waals surface area contributed by atoms with E-state index in [1.54, 1.807) is 7.11 Å². The van der Waals surface area contributed by atoms with E-state index >= 15 is 0 Å². The summed E-state index contributed by atoms with van der Waals surface area (Å²) in [6.45, 7) is 3.47. The maximum absolute atomic E-state index is 11.9. The number of benzene rings is 2. The average molecular weight is 493 g/mol. The van der Waals surface area contributed by atoms with Gasteiger partial charge in [0.15, 0.2) is 17.3 Å². The molecule has 10 nitrogen and oxygen atoms in total. The van der Waals surface area contributed by atoms with Gasteiger partial charge in [-0.25, -0.2) is 0 Å². The molecule has 2 aromatic carbocycles. The molecule has 10 heteroatoms. The minimum Gasteiger partial charge on any atom is -0.497 e. The van der Waals surface area contributed by atoms with Crippen molar-refractivity contribution in [2.45, 2.75) is 20.0 Å². The number of hydrogen-bond acceptors (Lipinski definition) is 10. The van der Waals surface area contributed by atoms with Crippen molar-refractivity contribution < 1.29 is 47.8 Å². The number of aliphatic hydroxyl groups excluding tert-OH is 1. The minimum atomic E-state index is -0.912. The minimum absolute atomic E-state index is 0.219. The molecule has 2 aromatic rings.